The molecule has 6 unspecified atom stereocenters. The van der Waals surface area contributed by atoms with Gasteiger partial charge in [0, 0.05) is 53.5 Å². The monoisotopic (exact) mass is 486 g/mol. The fourth-order valence-corrected chi connectivity index (χ4v) is 7.89. The lowest BCUT2D eigenvalue weighted by atomic mass is 9.64. The molecule has 0 amide bonds. The van der Waals surface area contributed by atoms with Crippen LogP contribution in [0.25, 0.3) is 5.57 Å². The molecule has 6 aliphatic rings. The summed E-state index contributed by atoms with van der Waals surface area (Å²) < 4.78 is 12.4. The number of hydrogen-bond donors (Lipinski definition) is 2. The molecule has 0 spiro atoms. The standard InChI is InChI=1S/C31H38N2O3/c1-35-28-17-24(32-31(33-28)22-12-6-7-13-25(22)34)23-16-27-30(21-11-5-4-10-20(21)23)29-19-9-3-2-8-18(19)14-15-26(29)36-27/h5-6,11-12,17,20-23,25,31-32,34H,2-4,7-10,13-16H2,1H3. The van der Waals surface area contributed by atoms with Crippen LogP contribution in [0.15, 0.2) is 51.1 Å². The molecule has 0 saturated carbocycles. The number of aliphatic imine (C=N–C) groups is 1. The zero-order valence-electron chi connectivity index (χ0n) is 21.3. The van der Waals surface area contributed by atoms with Gasteiger partial charge < -0.3 is 19.6 Å². The molecular weight excluding hydrogens is 448 g/mol. The smallest absolute Gasteiger partial charge is 0.212 e. The maximum atomic E-state index is 10.7. The largest absolute Gasteiger partial charge is 0.481 e. The van der Waals surface area contributed by atoms with Crippen molar-refractivity contribution in [2.24, 2.45) is 22.7 Å². The Labute approximate surface area is 214 Å². The fourth-order valence-electron chi connectivity index (χ4n) is 7.89. The molecule has 1 aromatic rings. The first kappa shape index (κ1) is 22.7. The number of aliphatic hydroxyl groups is 1. The molecule has 36 heavy (non-hydrogen) atoms. The number of furan rings is 1. The number of fused-ring (bicyclic) bond motifs is 6. The Hall–Kier alpha value is -2.53. The van der Waals surface area contributed by atoms with Crippen molar-refractivity contribution in [3.8, 4) is 0 Å². The summed E-state index contributed by atoms with van der Waals surface area (Å²) in [5.41, 5.74) is 7.54. The van der Waals surface area contributed by atoms with E-state index in [1.54, 1.807) is 18.3 Å². The maximum Gasteiger partial charge on any atom is 0.212 e. The van der Waals surface area contributed by atoms with Crippen LogP contribution in [-0.2, 0) is 17.6 Å². The number of hydrogen-bond acceptors (Lipinski definition) is 5. The lowest BCUT2D eigenvalue weighted by molar-refractivity contribution is 0.0964. The SMILES string of the molecule is COC1=NC(C2C=CCCC2O)NC(C2Cc3oc4c(c3C3C=CCCC23)C2=C(CCCC2)CC4)=C1. The number of methoxy groups -OCH3 is 1. The number of aryl methyl sites for hydroxylation is 1. The van der Waals surface area contributed by atoms with E-state index < -0.39 is 0 Å². The number of ether oxygens (including phenoxy) is 1. The molecule has 0 bridgehead atoms. The second-order valence-electron chi connectivity index (χ2n) is 11.5. The van der Waals surface area contributed by atoms with Crippen molar-refractivity contribution in [3.05, 3.63) is 64.3 Å². The summed E-state index contributed by atoms with van der Waals surface area (Å²) in [6.07, 6.45) is 23.0. The van der Waals surface area contributed by atoms with Gasteiger partial charge in [-0.3, -0.25) is 0 Å². The van der Waals surface area contributed by atoms with E-state index in [1.807, 2.05) is 0 Å². The molecule has 1 aromatic heterocycles. The summed E-state index contributed by atoms with van der Waals surface area (Å²) in [4.78, 5) is 4.82. The van der Waals surface area contributed by atoms with Crippen LogP contribution in [0.3, 0.4) is 0 Å². The van der Waals surface area contributed by atoms with Crippen LogP contribution in [0.1, 0.15) is 86.4 Å². The van der Waals surface area contributed by atoms with Crippen LogP contribution < -0.4 is 5.32 Å². The van der Waals surface area contributed by atoms with Crippen molar-refractivity contribution in [1.82, 2.24) is 5.32 Å². The molecule has 1 aliphatic heterocycles. The van der Waals surface area contributed by atoms with E-state index >= 15 is 0 Å². The van der Waals surface area contributed by atoms with Crippen molar-refractivity contribution >= 4 is 11.5 Å². The number of allylic oxidation sites excluding steroid dienone is 6. The third-order valence-electron chi connectivity index (χ3n) is 9.62. The Balaban J connectivity index is 1.27. The number of nitrogens with one attached hydrogen (secondary N) is 1. The van der Waals surface area contributed by atoms with Gasteiger partial charge in [-0.05, 0) is 69.3 Å². The number of rotatable bonds is 2. The lowest BCUT2D eigenvalue weighted by Gasteiger charge is -2.42. The maximum absolute atomic E-state index is 10.7. The van der Waals surface area contributed by atoms with Gasteiger partial charge in [0.05, 0.1) is 13.2 Å². The van der Waals surface area contributed by atoms with Crippen LogP contribution in [0.2, 0.25) is 0 Å². The predicted molar refractivity (Wildman–Crippen MR) is 142 cm³/mol. The zero-order chi connectivity index (χ0) is 24.2. The van der Waals surface area contributed by atoms with Crippen molar-refractivity contribution in [2.45, 2.75) is 88.8 Å². The predicted octanol–water partition coefficient (Wildman–Crippen LogP) is 5.96. The summed E-state index contributed by atoms with van der Waals surface area (Å²) in [6, 6.07) is 0. The molecule has 0 saturated heterocycles. The average molecular weight is 487 g/mol. The zero-order valence-corrected chi connectivity index (χ0v) is 21.3. The van der Waals surface area contributed by atoms with Gasteiger partial charge in [0.15, 0.2) is 0 Å². The number of aliphatic hydroxyl groups excluding tert-OH is 1. The van der Waals surface area contributed by atoms with Crippen LogP contribution in [-0.4, -0.2) is 30.4 Å². The molecule has 7 rings (SSSR count). The quantitative estimate of drug-likeness (QED) is 0.506. The van der Waals surface area contributed by atoms with Gasteiger partial charge >= 0.3 is 0 Å². The summed E-state index contributed by atoms with van der Waals surface area (Å²) in [7, 11) is 1.70. The van der Waals surface area contributed by atoms with E-state index in [1.165, 1.54) is 66.9 Å². The van der Waals surface area contributed by atoms with Gasteiger partial charge in [0.25, 0.3) is 0 Å². The summed E-state index contributed by atoms with van der Waals surface area (Å²) in [5.74, 6) is 4.33. The molecular formula is C31H38N2O3. The first-order chi connectivity index (χ1) is 17.7. The van der Waals surface area contributed by atoms with E-state index in [2.05, 4.69) is 35.7 Å². The Bertz CT molecular complexity index is 1200. The molecule has 190 valence electrons. The topological polar surface area (TPSA) is 67.0 Å². The molecule has 0 radical (unpaired) electrons. The highest BCUT2D eigenvalue weighted by Crippen LogP contribution is 2.54. The minimum Gasteiger partial charge on any atom is -0.481 e. The minimum absolute atomic E-state index is 0.0404. The van der Waals surface area contributed by atoms with Crippen LogP contribution >= 0.6 is 0 Å². The highest BCUT2D eigenvalue weighted by molar-refractivity contribution is 5.89. The summed E-state index contributed by atoms with van der Waals surface area (Å²) >= 11 is 0. The molecule has 0 aromatic carbocycles. The van der Waals surface area contributed by atoms with Gasteiger partial charge in [0.2, 0.25) is 5.90 Å². The molecule has 0 fully saturated rings. The minimum atomic E-state index is -0.383. The van der Waals surface area contributed by atoms with Gasteiger partial charge in [-0.15, -0.1) is 0 Å². The van der Waals surface area contributed by atoms with Gasteiger partial charge in [-0.1, -0.05) is 29.9 Å². The van der Waals surface area contributed by atoms with E-state index in [0.29, 0.717) is 23.7 Å². The van der Waals surface area contributed by atoms with E-state index in [9.17, 15) is 5.11 Å². The van der Waals surface area contributed by atoms with Crippen molar-refractivity contribution < 1.29 is 14.3 Å². The highest BCUT2D eigenvalue weighted by atomic mass is 16.5. The second-order valence-corrected chi connectivity index (χ2v) is 11.5. The van der Waals surface area contributed by atoms with Crippen LogP contribution in [0.5, 0.6) is 0 Å². The first-order valence-corrected chi connectivity index (χ1v) is 14.2. The summed E-state index contributed by atoms with van der Waals surface area (Å²) in [6.45, 7) is 0. The molecule has 2 heterocycles. The third kappa shape index (κ3) is 3.65. The van der Waals surface area contributed by atoms with Crippen molar-refractivity contribution in [1.29, 1.82) is 0 Å². The Kier molecular flexibility index (Phi) is 5.72. The van der Waals surface area contributed by atoms with E-state index in [4.69, 9.17) is 14.1 Å². The third-order valence-corrected chi connectivity index (χ3v) is 9.62. The average Bonchev–Trinajstić information content (AvgIpc) is 3.32. The van der Waals surface area contributed by atoms with Gasteiger partial charge in [-0.25, -0.2) is 4.99 Å². The Morgan fingerprint density at radius 1 is 1.03 bits per heavy atom. The molecule has 5 heteroatoms. The fraction of sp³-hybridized carbons (Fsp3) is 0.581. The number of nitrogens with zero attached hydrogens (tertiary/aromatic N) is 1. The lowest BCUT2D eigenvalue weighted by Crippen LogP contribution is -2.46. The van der Waals surface area contributed by atoms with Crippen LogP contribution in [0, 0.1) is 17.8 Å². The summed E-state index contributed by atoms with van der Waals surface area (Å²) in [5, 5.41) is 14.5. The van der Waals surface area contributed by atoms with E-state index in [0.717, 1.165) is 32.1 Å². The highest BCUT2D eigenvalue weighted by Gasteiger charge is 2.45. The van der Waals surface area contributed by atoms with Crippen molar-refractivity contribution in [3.63, 3.8) is 0 Å². The van der Waals surface area contributed by atoms with Gasteiger partial charge in [-0.2, -0.15) is 0 Å². The van der Waals surface area contributed by atoms with Gasteiger partial charge in [0.1, 0.15) is 17.7 Å². The Morgan fingerprint density at radius 2 is 1.89 bits per heavy atom. The second kappa shape index (κ2) is 9.09. The normalized spacial score (nSPS) is 35.1. The van der Waals surface area contributed by atoms with Crippen molar-refractivity contribution in [2.75, 3.05) is 7.11 Å². The van der Waals surface area contributed by atoms with Crippen LogP contribution in [0.4, 0.5) is 0 Å². The molecule has 2 N–H and O–H groups in total. The Morgan fingerprint density at radius 3 is 2.78 bits per heavy atom. The molecule has 6 atom stereocenters. The van der Waals surface area contributed by atoms with E-state index in [-0.39, 0.29) is 18.2 Å². The molecule has 5 nitrogen and oxygen atoms in total. The first-order valence-electron chi connectivity index (χ1n) is 14.2. The molecule has 5 aliphatic carbocycles.